The zero-order chi connectivity index (χ0) is 16.0. The van der Waals surface area contributed by atoms with Gasteiger partial charge in [0.15, 0.2) is 9.90 Å². The lowest BCUT2D eigenvalue weighted by atomic mass is 10.2. The molecule has 0 amide bonds. The minimum absolute atomic E-state index is 0.0421. The Labute approximate surface area is 130 Å². The van der Waals surface area contributed by atoms with Crippen LogP contribution in [0, 0.1) is 0 Å². The number of carbonyl (C=O) groups is 1. The third-order valence-electron chi connectivity index (χ3n) is 3.01. The van der Waals surface area contributed by atoms with Crippen LogP contribution >= 0.6 is 11.3 Å². The summed E-state index contributed by atoms with van der Waals surface area (Å²) in [5, 5.41) is 0. The highest BCUT2D eigenvalue weighted by molar-refractivity contribution is 7.91. The van der Waals surface area contributed by atoms with Gasteiger partial charge in [-0.15, -0.1) is 11.3 Å². The van der Waals surface area contributed by atoms with Gasteiger partial charge in [-0.3, -0.25) is 0 Å². The molecule has 1 aromatic heterocycles. The van der Waals surface area contributed by atoms with Crippen LogP contribution in [0.2, 0.25) is 0 Å². The average Bonchev–Trinajstić information content (AvgIpc) is 2.92. The smallest absolute Gasteiger partial charge is 0.358 e. The zero-order valence-electron chi connectivity index (χ0n) is 12.8. The predicted octanol–water partition coefficient (Wildman–Crippen LogP) is 2.52. The Bertz CT molecular complexity index is 566. The number of carbonyl (C=O) groups excluding carboxylic acids is 1. The molecule has 21 heavy (non-hydrogen) atoms. The summed E-state index contributed by atoms with van der Waals surface area (Å²) >= 11 is 0.944. The number of methoxy groups -OCH3 is 1. The van der Waals surface area contributed by atoms with Gasteiger partial charge in [0.05, 0.1) is 12.6 Å². The molecule has 8 heteroatoms. The second-order valence-corrected chi connectivity index (χ2v) is 7.84. The summed E-state index contributed by atoms with van der Waals surface area (Å²) in [6, 6.07) is -0.181. The lowest BCUT2D eigenvalue weighted by Gasteiger charge is -2.25. The van der Waals surface area contributed by atoms with Crippen LogP contribution in [0.5, 0.6) is 0 Å². The van der Waals surface area contributed by atoms with E-state index >= 15 is 0 Å². The van der Waals surface area contributed by atoms with Gasteiger partial charge in [-0.05, 0) is 20.3 Å². The molecule has 0 atom stereocenters. The Hall–Kier alpha value is -0.990. The van der Waals surface area contributed by atoms with Gasteiger partial charge in [-0.2, -0.15) is 4.31 Å². The summed E-state index contributed by atoms with van der Waals surface area (Å²) < 4.78 is 31.5. The monoisotopic (exact) mass is 334 g/mol. The van der Waals surface area contributed by atoms with E-state index in [2.05, 4.69) is 16.6 Å². The van der Waals surface area contributed by atoms with Gasteiger partial charge < -0.3 is 4.74 Å². The molecular weight excluding hydrogens is 312 g/mol. The SMILES string of the molecule is CCCCCN(C(C)C)S(=O)(=O)c1scnc1C(=O)OC. The molecule has 0 aliphatic rings. The number of thiazole rings is 1. The number of hydrogen-bond acceptors (Lipinski definition) is 6. The lowest BCUT2D eigenvalue weighted by Crippen LogP contribution is -2.38. The normalized spacial score (nSPS) is 12.1. The largest absolute Gasteiger partial charge is 0.464 e. The van der Waals surface area contributed by atoms with Crippen molar-refractivity contribution in [2.45, 2.75) is 50.3 Å². The first-order valence-electron chi connectivity index (χ1n) is 6.89. The van der Waals surface area contributed by atoms with Gasteiger partial charge in [0.1, 0.15) is 0 Å². The average molecular weight is 334 g/mol. The molecule has 0 saturated heterocycles. The van der Waals surface area contributed by atoms with Gasteiger partial charge in [0, 0.05) is 12.6 Å². The molecule has 120 valence electrons. The van der Waals surface area contributed by atoms with Crippen LogP contribution in [0.25, 0.3) is 0 Å². The minimum atomic E-state index is -3.73. The lowest BCUT2D eigenvalue weighted by molar-refractivity contribution is 0.0590. The standard InChI is InChI=1S/C13H22N2O4S2/c1-5-6-7-8-15(10(2)3)21(17,18)13-11(12(16)19-4)14-9-20-13/h9-10H,5-8H2,1-4H3. The summed E-state index contributed by atoms with van der Waals surface area (Å²) in [7, 11) is -2.53. The minimum Gasteiger partial charge on any atom is -0.464 e. The number of esters is 1. The van der Waals surface area contributed by atoms with E-state index in [1.54, 1.807) is 0 Å². The van der Waals surface area contributed by atoms with E-state index in [4.69, 9.17) is 0 Å². The number of nitrogens with zero attached hydrogens (tertiary/aromatic N) is 2. The molecule has 1 rings (SSSR count). The fourth-order valence-corrected chi connectivity index (χ4v) is 4.85. The number of aromatic nitrogens is 1. The van der Waals surface area contributed by atoms with Gasteiger partial charge in [0.25, 0.3) is 10.0 Å². The van der Waals surface area contributed by atoms with Crippen LogP contribution in [0.1, 0.15) is 50.5 Å². The predicted molar refractivity (Wildman–Crippen MR) is 82.0 cm³/mol. The Morgan fingerprint density at radius 3 is 2.62 bits per heavy atom. The van der Waals surface area contributed by atoms with Gasteiger partial charge in [0.2, 0.25) is 0 Å². The van der Waals surface area contributed by atoms with Crippen molar-refractivity contribution in [3.63, 3.8) is 0 Å². The van der Waals surface area contributed by atoms with E-state index in [1.165, 1.54) is 16.9 Å². The van der Waals surface area contributed by atoms with Crippen LogP contribution in [-0.2, 0) is 14.8 Å². The van der Waals surface area contributed by atoms with Gasteiger partial charge in [-0.25, -0.2) is 18.2 Å². The molecule has 6 nitrogen and oxygen atoms in total. The zero-order valence-corrected chi connectivity index (χ0v) is 14.5. The quantitative estimate of drug-likeness (QED) is 0.539. The van der Waals surface area contributed by atoms with Crippen molar-refractivity contribution in [3.05, 3.63) is 11.2 Å². The number of sulfonamides is 1. The van der Waals surface area contributed by atoms with Gasteiger partial charge in [-0.1, -0.05) is 19.8 Å². The Morgan fingerprint density at radius 2 is 2.10 bits per heavy atom. The van der Waals surface area contributed by atoms with Gasteiger partial charge >= 0.3 is 5.97 Å². The maximum atomic E-state index is 12.8. The van der Waals surface area contributed by atoms with Crippen molar-refractivity contribution in [3.8, 4) is 0 Å². The van der Waals surface area contributed by atoms with Crippen LogP contribution in [0.3, 0.4) is 0 Å². The molecule has 0 spiro atoms. The number of rotatable bonds is 8. The summed E-state index contributed by atoms with van der Waals surface area (Å²) in [5.74, 6) is -0.730. The van der Waals surface area contributed by atoms with Crippen LogP contribution in [0.4, 0.5) is 0 Å². The van der Waals surface area contributed by atoms with Crippen molar-refractivity contribution in [1.82, 2.24) is 9.29 Å². The third-order valence-corrected chi connectivity index (χ3v) is 6.44. The van der Waals surface area contributed by atoms with Crippen LogP contribution < -0.4 is 0 Å². The van der Waals surface area contributed by atoms with Crippen molar-refractivity contribution in [2.24, 2.45) is 0 Å². The molecule has 1 aromatic rings. The van der Waals surface area contributed by atoms with Crippen molar-refractivity contribution in [1.29, 1.82) is 0 Å². The van der Waals surface area contributed by atoms with E-state index in [0.717, 1.165) is 30.6 Å². The van der Waals surface area contributed by atoms with Crippen molar-refractivity contribution in [2.75, 3.05) is 13.7 Å². The van der Waals surface area contributed by atoms with E-state index in [-0.39, 0.29) is 15.9 Å². The van der Waals surface area contributed by atoms with Crippen LogP contribution in [0.15, 0.2) is 9.72 Å². The summed E-state index contributed by atoms with van der Waals surface area (Å²) in [6.07, 6.45) is 2.77. The van der Waals surface area contributed by atoms with E-state index in [1.807, 2.05) is 13.8 Å². The number of unbranched alkanes of at least 4 members (excludes halogenated alkanes) is 2. The molecule has 0 aliphatic carbocycles. The first-order valence-corrected chi connectivity index (χ1v) is 9.21. The fraction of sp³-hybridized carbons (Fsp3) is 0.692. The number of ether oxygens (including phenoxy) is 1. The Kier molecular flexibility index (Phi) is 6.76. The van der Waals surface area contributed by atoms with E-state index in [0.29, 0.717) is 6.54 Å². The maximum Gasteiger partial charge on any atom is 0.358 e. The van der Waals surface area contributed by atoms with Crippen molar-refractivity contribution >= 4 is 27.3 Å². The third kappa shape index (κ3) is 4.24. The summed E-state index contributed by atoms with van der Waals surface area (Å²) in [4.78, 5) is 15.5. The highest BCUT2D eigenvalue weighted by Crippen LogP contribution is 2.26. The topological polar surface area (TPSA) is 76.6 Å². The molecule has 0 unspecified atom stereocenters. The fourth-order valence-electron chi connectivity index (χ4n) is 1.93. The summed E-state index contributed by atoms with van der Waals surface area (Å²) in [5.41, 5.74) is 1.22. The Morgan fingerprint density at radius 1 is 1.43 bits per heavy atom. The second-order valence-electron chi connectivity index (χ2n) is 4.90. The first kappa shape index (κ1) is 18.1. The molecule has 0 saturated carbocycles. The maximum absolute atomic E-state index is 12.8. The van der Waals surface area contributed by atoms with E-state index in [9.17, 15) is 13.2 Å². The first-order chi connectivity index (χ1) is 9.86. The molecule has 0 bridgehead atoms. The molecule has 0 fully saturated rings. The van der Waals surface area contributed by atoms with E-state index < -0.39 is 16.0 Å². The second kappa shape index (κ2) is 7.86. The molecule has 1 heterocycles. The summed E-state index contributed by atoms with van der Waals surface area (Å²) in [6.45, 7) is 6.14. The number of hydrogen-bond donors (Lipinski definition) is 0. The highest BCUT2D eigenvalue weighted by Gasteiger charge is 2.33. The van der Waals surface area contributed by atoms with Crippen molar-refractivity contribution < 1.29 is 17.9 Å². The molecule has 0 N–H and O–H groups in total. The highest BCUT2D eigenvalue weighted by atomic mass is 32.2. The molecule has 0 radical (unpaired) electrons. The molecular formula is C13H22N2O4S2. The molecule has 0 aromatic carbocycles. The molecule has 0 aliphatic heterocycles. The van der Waals surface area contributed by atoms with Crippen LogP contribution in [-0.4, -0.2) is 43.4 Å². The Balaban J connectivity index is 3.12.